The fourth-order valence-corrected chi connectivity index (χ4v) is 1.46. The van der Waals surface area contributed by atoms with Gasteiger partial charge in [0.2, 0.25) is 0 Å². The van der Waals surface area contributed by atoms with Crippen LogP contribution in [0.15, 0.2) is 0 Å². The maximum atomic E-state index is 5.14. The highest BCUT2D eigenvalue weighted by Crippen LogP contribution is 1.94. The Balaban J connectivity index is 3.38. The zero-order chi connectivity index (χ0) is 10.1. The van der Waals surface area contributed by atoms with Crippen molar-refractivity contribution in [3.8, 4) is 0 Å². The zero-order valence-corrected chi connectivity index (χ0v) is 9.84. The molecule has 3 heteroatoms. The van der Waals surface area contributed by atoms with Crippen LogP contribution in [0.5, 0.6) is 0 Å². The van der Waals surface area contributed by atoms with Crippen LogP contribution in [0.25, 0.3) is 0 Å². The third-order valence-electron chi connectivity index (χ3n) is 1.92. The van der Waals surface area contributed by atoms with E-state index in [1.165, 1.54) is 25.7 Å². The lowest BCUT2D eigenvalue weighted by Crippen LogP contribution is -2.40. The molecule has 1 unspecified atom stereocenters. The third-order valence-corrected chi connectivity index (χ3v) is 2.18. The molecule has 0 rings (SSSR count). The minimum absolute atomic E-state index is 0.492. The lowest BCUT2D eigenvalue weighted by atomic mass is 10.2. The molecule has 0 spiro atoms. The van der Waals surface area contributed by atoms with E-state index in [1.54, 1.807) is 0 Å². The van der Waals surface area contributed by atoms with Crippen molar-refractivity contribution in [3.63, 3.8) is 0 Å². The minimum Gasteiger partial charge on any atom is -0.363 e. The molecule has 0 heterocycles. The van der Waals surface area contributed by atoms with Gasteiger partial charge in [-0.15, -0.1) is 0 Å². The molecule has 0 saturated carbocycles. The SMILES string of the molecule is CCCCNC(=S)NC(C)CCC. The smallest absolute Gasteiger partial charge is 0.166 e. The summed E-state index contributed by atoms with van der Waals surface area (Å²) >= 11 is 5.14. The Bertz CT molecular complexity index is 137. The molecule has 0 aromatic rings. The summed E-state index contributed by atoms with van der Waals surface area (Å²) in [7, 11) is 0. The van der Waals surface area contributed by atoms with Crippen LogP contribution in [-0.4, -0.2) is 17.7 Å². The molecule has 0 saturated heterocycles. The van der Waals surface area contributed by atoms with E-state index in [0.29, 0.717) is 6.04 Å². The molecule has 1 atom stereocenters. The van der Waals surface area contributed by atoms with Gasteiger partial charge in [0.05, 0.1) is 0 Å². The Morgan fingerprint density at radius 3 is 2.54 bits per heavy atom. The molecule has 0 bridgehead atoms. The van der Waals surface area contributed by atoms with Crippen molar-refractivity contribution in [2.45, 2.75) is 52.5 Å². The molecule has 0 radical (unpaired) electrons. The second-order valence-corrected chi connectivity index (χ2v) is 3.85. The second kappa shape index (κ2) is 8.30. The first-order valence-electron chi connectivity index (χ1n) is 5.25. The lowest BCUT2D eigenvalue weighted by molar-refractivity contribution is 0.588. The van der Waals surface area contributed by atoms with Crippen molar-refractivity contribution in [2.24, 2.45) is 0 Å². The van der Waals surface area contributed by atoms with Crippen LogP contribution in [0.2, 0.25) is 0 Å². The number of hydrogen-bond acceptors (Lipinski definition) is 1. The van der Waals surface area contributed by atoms with Crippen LogP contribution < -0.4 is 10.6 Å². The molecule has 0 aromatic carbocycles. The highest BCUT2D eigenvalue weighted by atomic mass is 32.1. The van der Waals surface area contributed by atoms with Crippen molar-refractivity contribution in [3.05, 3.63) is 0 Å². The summed E-state index contributed by atoms with van der Waals surface area (Å²) in [5.41, 5.74) is 0. The Morgan fingerprint density at radius 1 is 1.31 bits per heavy atom. The van der Waals surface area contributed by atoms with E-state index < -0.39 is 0 Å². The van der Waals surface area contributed by atoms with Crippen LogP contribution >= 0.6 is 12.2 Å². The molecule has 2 nitrogen and oxygen atoms in total. The van der Waals surface area contributed by atoms with Crippen molar-refractivity contribution in [2.75, 3.05) is 6.54 Å². The molecular weight excluding hydrogens is 180 g/mol. The molecule has 0 aliphatic rings. The molecule has 0 fully saturated rings. The van der Waals surface area contributed by atoms with E-state index in [4.69, 9.17) is 12.2 Å². The third kappa shape index (κ3) is 8.03. The number of thiocarbonyl (C=S) groups is 1. The molecule has 13 heavy (non-hydrogen) atoms. The fraction of sp³-hybridized carbons (Fsp3) is 0.900. The number of hydrogen-bond donors (Lipinski definition) is 2. The van der Waals surface area contributed by atoms with E-state index in [-0.39, 0.29) is 0 Å². The van der Waals surface area contributed by atoms with E-state index in [0.717, 1.165) is 11.7 Å². The van der Waals surface area contributed by atoms with Gasteiger partial charge in [-0.3, -0.25) is 0 Å². The van der Waals surface area contributed by atoms with Crippen molar-refractivity contribution in [1.29, 1.82) is 0 Å². The van der Waals surface area contributed by atoms with Crippen LogP contribution in [0.1, 0.15) is 46.5 Å². The minimum atomic E-state index is 0.492. The number of unbranched alkanes of at least 4 members (excludes halogenated alkanes) is 1. The predicted octanol–water partition coefficient (Wildman–Crippen LogP) is 2.44. The van der Waals surface area contributed by atoms with Gasteiger partial charge in [0.25, 0.3) is 0 Å². The van der Waals surface area contributed by atoms with Gasteiger partial charge in [-0.1, -0.05) is 26.7 Å². The first-order chi connectivity index (χ1) is 6.20. The Kier molecular flexibility index (Phi) is 8.10. The van der Waals surface area contributed by atoms with Gasteiger partial charge in [-0.25, -0.2) is 0 Å². The first-order valence-corrected chi connectivity index (χ1v) is 5.65. The maximum absolute atomic E-state index is 5.14. The summed E-state index contributed by atoms with van der Waals surface area (Å²) in [5, 5.41) is 7.25. The highest BCUT2D eigenvalue weighted by Gasteiger charge is 2.01. The van der Waals surface area contributed by atoms with Gasteiger partial charge in [-0.05, 0) is 32.0 Å². The summed E-state index contributed by atoms with van der Waals surface area (Å²) in [6.45, 7) is 7.52. The normalized spacial score (nSPS) is 12.2. The average Bonchev–Trinajstić information content (AvgIpc) is 2.05. The molecule has 0 aliphatic heterocycles. The van der Waals surface area contributed by atoms with Gasteiger partial charge >= 0.3 is 0 Å². The summed E-state index contributed by atoms with van der Waals surface area (Å²) < 4.78 is 0. The summed E-state index contributed by atoms with van der Waals surface area (Å²) in [6.07, 6.45) is 4.77. The number of rotatable bonds is 6. The van der Waals surface area contributed by atoms with E-state index in [9.17, 15) is 0 Å². The molecule has 2 N–H and O–H groups in total. The van der Waals surface area contributed by atoms with Crippen molar-refractivity contribution >= 4 is 17.3 Å². The average molecular weight is 202 g/mol. The summed E-state index contributed by atoms with van der Waals surface area (Å²) in [4.78, 5) is 0. The quantitative estimate of drug-likeness (QED) is 0.511. The standard InChI is InChI=1S/C10H22N2S/c1-4-6-8-11-10(13)12-9(3)7-5-2/h9H,4-8H2,1-3H3,(H2,11,12,13). The molecule has 0 aliphatic carbocycles. The predicted molar refractivity (Wildman–Crippen MR) is 63.0 cm³/mol. The highest BCUT2D eigenvalue weighted by molar-refractivity contribution is 7.80. The van der Waals surface area contributed by atoms with Gasteiger partial charge in [0.15, 0.2) is 5.11 Å². The van der Waals surface area contributed by atoms with Gasteiger partial charge < -0.3 is 10.6 Å². The van der Waals surface area contributed by atoms with Gasteiger partial charge in [0, 0.05) is 12.6 Å². The largest absolute Gasteiger partial charge is 0.363 e. The summed E-state index contributed by atoms with van der Waals surface area (Å²) in [5.74, 6) is 0. The Morgan fingerprint density at radius 2 is 2.00 bits per heavy atom. The van der Waals surface area contributed by atoms with Crippen LogP contribution in [-0.2, 0) is 0 Å². The molecule has 0 aromatic heterocycles. The van der Waals surface area contributed by atoms with Gasteiger partial charge in [-0.2, -0.15) is 0 Å². The second-order valence-electron chi connectivity index (χ2n) is 3.44. The van der Waals surface area contributed by atoms with E-state index >= 15 is 0 Å². The van der Waals surface area contributed by atoms with Crippen LogP contribution in [0.4, 0.5) is 0 Å². The molecule has 78 valence electrons. The first kappa shape index (κ1) is 12.7. The van der Waals surface area contributed by atoms with Crippen molar-refractivity contribution in [1.82, 2.24) is 10.6 Å². The Labute approximate surface area is 87.5 Å². The van der Waals surface area contributed by atoms with Crippen LogP contribution in [0, 0.1) is 0 Å². The van der Waals surface area contributed by atoms with Crippen molar-refractivity contribution < 1.29 is 0 Å². The Hall–Kier alpha value is -0.310. The van der Waals surface area contributed by atoms with E-state index in [2.05, 4.69) is 31.4 Å². The fourth-order valence-electron chi connectivity index (χ4n) is 1.16. The van der Waals surface area contributed by atoms with E-state index in [1.807, 2.05) is 0 Å². The monoisotopic (exact) mass is 202 g/mol. The summed E-state index contributed by atoms with van der Waals surface area (Å²) in [6, 6.07) is 0.492. The zero-order valence-electron chi connectivity index (χ0n) is 9.02. The van der Waals surface area contributed by atoms with Gasteiger partial charge in [0.1, 0.15) is 0 Å². The lowest BCUT2D eigenvalue weighted by Gasteiger charge is -2.15. The number of nitrogens with one attached hydrogen (secondary N) is 2. The topological polar surface area (TPSA) is 24.1 Å². The molecular formula is C10H22N2S. The molecule has 0 amide bonds. The maximum Gasteiger partial charge on any atom is 0.166 e. The van der Waals surface area contributed by atoms with Crippen LogP contribution in [0.3, 0.4) is 0 Å².